The van der Waals surface area contributed by atoms with Crippen LogP contribution in [0.3, 0.4) is 0 Å². The Morgan fingerprint density at radius 1 is 1.12 bits per heavy atom. The number of halogens is 1. The van der Waals surface area contributed by atoms with Gasteiger partial charge in [-0.05, 0) is 31.5 Å². The van der Waals surface area contributed by atoms with Crippen molar-refractivity contribution in [2.45, 2.75) is 50.6 Å². The summed E-state index contributed by atoms with van der Waals surface area (Å²) in [6.45, 7) is 4.03. The van der Waals surface area contributed by atoms with E-state index in [1.165, 1.54) is 0 Å². The molecule has 0 radical (unpaired) electrons. The lowest BCUT2D eigenvalue weighted by Crippen LogP contribution is -2.62. The minimum absolute atomic E-state index is 0.282. The first-order valence-electron chi connectivity index (χ1n) is 10.5. The number of aliphatic hydroxyl groups is 1. The summed E-state index contributed by atoms with van der Waals surface area (Å²) in [7, 11) is 0. The number of benzene rings is 2. The van der Waals surface area contributed by atoms with Crippen LogP contribution in [-0.4, -0.2) is 50.8 Å². The number of aryl methyl sites for hydroxylation is 2. The molecule has 0 amide bonds. The van der Waals surface area contributed by atoms with Crippen LogP contribution in [0.25, 0.3) is 5.69 Å². The molecule has 3 unspecified atom stereocenters. The van der Waals surface area contributed by atoms with Crippen LogP contribution in [0, 0.1) is 13.8 Å². The molecule has 2 fully saturated rings. The Bertz CT molecular complexity index is 1110. The number of nitrogens with two attached hydrogens (primary N) is 1. The van der Waals surface area contributed by atoms with Gasteiger partial charge in [0.25, 0.3) is 0 Å². The lowest BCUT2D eigenvalue weighted by atomic mass is 9.92. The maximum Gasteiger partial charge on any atom is 0.184 e. The van der Waals surface area contributed by atoms with Crippen molar-refractivity contribution in [1.29, 1.82) is 0 Å². The Morgan fingerprint density at radius 2 is 1.91 bits per heavy atom. The first kappa shape index (κ1) is 21.5. The average Bonchev–Trinajstić information content (AvgIpc) is 3.19. The Kier molecular flexibility index (Phi) is 5.75. The van der Waals surface area contributed by atoms with Gasteiger partial charge < -0.3 is 25.1 Å². The topological polar surface area (TPSA) is 105 Å². The van der Waals surface area contributed by atoms with Gasteiger partial charge in [0.15, 0.2) is 12.1 Å². The van der Waals surface area contributed by atoms with Gasteiger partial charge in [-0.3, -0.25) is 0 Å². The van der Waals surface area contributed by atoms with Crippen LogP contribution in [0.1, 0.15) is 35.2 Å². The Morgan fingerprint density at radius 3 is 2.69 bits per heavy atom. The maximum absolute atomic E-state index is 11.1. The minimum atomic E-state index is -1.05. The van der Waals surface area contributed by atoms with Crippen molar-refractivity contribution in [3.05, 3.63) is 76.3 Å². The van der Waals surface area contributed by atoms with Crippen molar-refractivity contribution in [2.75, 3.05) is 6.61 Å². The molecule has 168 valence electrons. The normalized spacial score (nSPS) is 30.2. The number of fused-ring (bicyclic) bond motifs is 1. The van der Waals surface area contributed by atoms with E-state index in [1.807, 2.05) is 55.5 Å². The van der Waals surface area contributed by atoms with Gasteiger partial charge in [0.05, 0.1) is 18.3 Å². The molecule has 8 nitrogen and oxygen atoms in total. The van der Waals surface area contributed by atoms with Crippen LogP contribution in [0.15, 0.2) is 48.5 Å². The fraction of sp³-hybridized carbons (Fsp3) is 0.391. The van der Waals surface area contributed by atoms with Crippen LogP contribution >= 0.6 is 11.6 Å². The van der Waals surface area contributed by atoms with Crippen molar-refractivity contribution in [3.8, 4) is 5.69 Å². The molecule has 6 atom stereocenters. The predicted molar refractivity (Wildman–Crippen MR) is 117 cm³/mol. The lowest BCUT2D eigenvalue weighted by molar-refractivity contribution is -0.309. The zero-order valence-corrected chi connectivity index (χ0v) is 18.5. The summed E-state index contributed by atoms with van der Waals surface area (Å²) in [6.07, 6.45) is -3.38. The van der Waals surface area contributed by atoms with Crippen LogP contribution in [-0.2, 0) is 14.2 Å². The monoisotopic (exact) mass is 456 g/mol. The third-order valence-corrected chi connectivity index (χ3v) is 6.16. The quantitative estimate of drug-likeness (QED) is 0.624. The highest BCUT2D eigenvalue weighted by Crippen LogP contribution is 2.38. The van der Waals surface area contributed by atoms with Crippen molar-refractivity contribution < 1.29 is 19.3 Å². The van der Waals surface area contributed by atoms with E-state index in [-0.39, 0.29) is 6.61 Å². The fourth-order valence-corrected chi connectivity index (χ4v) is 4.44. The molecule has 32 heavy (non-hydrogen) atoms. The molecule has 2 aromatic carbocycles. The third-order valence-electron chi connectivity index (χ3n) is 5.93. The summed E-state index contributed by atoms with van der Waals surface area (Å²) in [5.74, 6) is 1.01. The summed E-state index contributed by atoms with van der Waals surface area (Å²) in [6, 6.07) is 14.5. The molecular weight excluding hydrogens is 432 g/mol. The van der Waals surface area contributed by atoms with Gasteiger partial charge in [0, 0.05) is 10.6 Å². The molecule has 2 saturated heterocycles. The standard InChI is InChI=1S/C23H25ClN4O4/c1-12-8-9-15(24)10-16(12)28-22(26-13(2)27-28)21-19(29)18(25)20-17(31-21)11-30-23(32-20)14-6-4-3-5-7-14/h3-10,17-21,23,29H,11,25H2,1-2H3/t17?,18?,19-,20-,21+,23?/m0/s1. The zero-order valence-electron chi connectivity index (χ0n) is 17.8. The first-order valence-corrected chi connectivity index (χ1v) is 10.9. The molecular formula is C23H25ClN4O4. The van der Waals surface area contributed by atoms with Gasteiger partial charge in [0.2, 0.25) is 0 Å². The highest BCUT2D eigenvalue weighted by molar-refractivity contribution is 6.30. The van der Waals surface area contributed by atoms with Crippen LogP contribution in [0.2, 0.25) is 5.02 Å². The van der Waals surface area contributed by atoms with E-state index in [9.17, 15) is 5.11 Å². The predicted octanol–water partition coefficient (Wildman–Crippen LogP) is 2.78. The van der Waals surface area contributed by atoms with Gasteiger partial charge in [-0.2, -0.15) is 5.10 Å². The minimum Gasteiger partial charge on any atom is -0.388 e. The molecule has 3 N–H and O–H groups in total. The van der Waals surface area contributed by atoms with Crippen molar-refractivity contribution in [2.24, 2.45) is 5.73 Å². The molecule has 3 aromatic rings. The van der Waals surface area contributed by atoms with Crippen LogP contribution in [0.5, 0.6) is 0 Å². The van der Waals surface area contributed by atoms with Crippen LogP contribution in [0.4, 0.5) is 0 Å². The molecule has 1 aromatic heterocycles. The summed E-state index contributed by atoms with van der Waals surface area (Å²) in [5.41, 5.74) is 9.08. The summed E-state index contributed by atoms with van der Waals surface area (Å²) in [5, 5.41) is 16.2. The summed E-state index contributed by atoms with van der Waals surface area (Å²) < 4.78 is 19.9. The molecule has 0 bridgehead atoms. The molecule has 0 spiro atoms. The molecule has 0 saturated carbocycles. The number of hydrogen-bond donors (Lipinski definition) is 2. The average molecular weight is 457 g/mol. The van der Waals surface area contributed by atoms with E-state index in [2.05, 4.69) is 10.1 Å². The fourth-order valence-electron chi connectivity index (χ4n) is 4.27. The SMILES string of the molecule is Cc1nc([C@@H]2OC3COC(c4ccccc4)O[C@@H]3C(N)[C@@H]2O)n(-c2cc(Cl)ccc2C)n1. The number of rotatable bonds is 3. The van der Waals surface area contributed by atoms with Gasteiger partial charge in [-0.25, -0.2) is 9.67 Å². The number of hydrogen-bond acceptors (Lipinski definition) is 7. The number of aromatic nitrogens is 3. The van der Waals surface area contributed by atoms with Gasteiger partial charge in [-0.15, -0.1) is 0 Å². The van der Waals surface area contributed by atoms with E-state index in [1.54, 1.807) is 11.6 Å². The number of ether oxygens (including phenoxy) is 3. The highest BCUT2D eigenvalue weighted by atomic mass is 35.5. The number of nitrogens with zero attached hydrogens (tertiary/aromatic N) is 3. The van der Waals surface area contributed by atoms with Crippen molar-refractivity contribution in [1.82, 2.24) is 14.8 Å². The largest absolute Gasteiger partial charge is 0.388 e. The van der Waals surface area contributed by atoms with E-state index in [4.69, 9.17) is 31.5 Å². The van der Waals surface area contributed by atoms with Crippen molar-refractivity contribution >= 4 is 11.6 Å². The van der Waals surface area contributed by atoms with E-state index in [0.717, 1.165) is 16.8 Å². The Balaban J connectivity index is 1.44. The Labute approximate surface area is 190 Å². The zero-order chi connectivity index (χ0) is 22.4. The molecule has 2 aliphatic rings. The molecule has 2 aliphatic heterocycles. The van der Waals surface area contributed by atoms with Crippen LogP contribution < -0.4 is 5.73 Å². The van der Waals surface area contributed by atoms with E-state index in [0.29, 0.717) is 16.7 Å². The second-order valence-corrected chi connectivity index (χ2v) is 8.64. The molecule has 3 heterocycles. The van der Waals surface area contributed by atoms with E-state index < -0.39 is 36.7 Å². The Hall–Kier alpha value is -2.33. The van der Waals surface area contributed by atoms with Gasteiger partial charge in [-0.1, -0.05) is 48.0 Å². The molecule has 0 aliphatic carbocycles. The third kappa shape index (κ3) is 3.83. The van der Waals surface area contributed by atoms with E-state index >= 15 is 0 Å². The number of aliphatic hydroxyl groups excluding tert-OH is 1. The smallest absolute Gasteiger partial charge is 0.184 e. The lowest BCUT2D eigenvalue weighted by Gasteiger charge is -2.46. The summed E-state index contributed by atoms with van der Waals surface area (Å²) in [4.78, 5) is 4.55. The highest BCUT2D eigenvalue weighted by Gasteiger charge is 2.49. The first-order chi connectivity index (χ1) is 15.4. The summed E-state index contributed by atoms with van der Waals surface area (Å²) >= 11 is 6.22. The van der Waals surface area contributed by atoms with Gasteiger partial charge in [0.1, 0.15) is 30.2 Å². The van der Waals surface area contributed by atoms with Gasteiger partial charge >= 0.3 is 0 Å². The molecule has 5 rings (SSSR count). The second-order valence-electron chi connectivity index (χ2n) is 8.20. The molecule has 9 heteroatoms. The maximum atomic E-state index is 11.1. The van der Waals surface area contributed by atoms with Crippen molar-refractivity contribution in [3.63, 3.8) is 0 Å². The second kappa shape index (κ2) is 8.55.